The first-order chi connectivity index (χ1) is 10.2. The molecule has 1 amide bonds. The van der Waals surface area contributed by atoms with Crippen LogP contribution in [-0.2, 0) is 17.9 Å². The number of amides is 1. The highest BCUT2D eigenvalue weighted by molar-refractivity contribution is 8.00. The van der Waals surface area contributed by atoms with Gasteiger partial charge in [0.05, 0.1) is 18.1 Å². The largest absolute Gasteiger partial charge is 0.467 e. The summed E-state index contributed by atoms with van der Waals surface area (Å²) in [5, 5.41) is 5.85. The molecule has 0 aliphatic carbocycles. The van der Waals surface area contributed by atoms with Gasteiger partial charge in [0.1, 0.15) is 5.76 Å². The van der Waals surface area contributed by atoms with E-state index in [9.17, 15) is 4.79 Å². The minimum atomic E-state index is -0.148. The predicted octanol–water partition coefficient (Wildman–Crippen LogP) is 2.80. The third-order valence-corrected chi connectivity index (χ3v) is 4.07. The van der Waals surface area contributed by atoms with Crippen molar-refractivity contribution >= 4 is 17.7 Å². The molecule has 0 spiro atoms. The first-order valence-electron chi connectivity index (χ1n) is 6.89. The second-order valence-electron chi connectivity index (χ2n) is 4.73. The van der Waals surface area contributed by atoms with Crippen LogP contribution in [0.15, 0.2) is 52.0 Å². The van der Waals surface area contributed by atoms with E-state index in [1.54, 1.807) is 18.0 Å². The molecule has 2 rings (SSSR count). The van der Waals surface area contributed by atoms with Crippen LogP contribution < -0.4 is 10.6 Å². The fraction of sp³-hybridized carbons (Fsp3) is 0.312. The van der Waals surface area contributed by atoms with Crippen LogP contribution in [0.25, 0.3) is 0 Å². The summed E-state index contributed by atoms with van der Waals surface area (Å²) >= 11 is 1.56. The van der Waals surface area contributed by atoms with Gasteiger partial charge in [0, 0.05) is 11.4 Å². The van der Waals surface area contributed by atoms with Crippen molar-refractivity contribution in [1.82, 2.24) is 10.6 Å². The molecule has 112 valence electrons. The Morgan fingerprint density at radius 3 is 2.86 bits per heavy atom. The number of carbonyl (C=O) groups is 1. The van der Waals surface area contributed by atoms with Crippen molar-refractivity contribution in [3.8, 4) is 0 Å². The zero-order valence-corrected chi connectivity index (χ0v) is 13.1. The lowest BCUT2D eigenvalue weighted by atomic mass is 10.2. The third kappa shape index (κ3) is 4.95. The molecule has 1 aromatic carbocycles. The number of hydrogen-bond donors (Lipinski definition) is 2. The van der Waals surface area contributed by atoms with E-state index in [1.807, 2.05) is 38.2 Å². The lowest BCUT2D eigenvalue weighted by Crippen LogP contribution is -2.30. The van der Waals surface area contributed by atoms with Gasteiger partial charge >= 0.3 is 0 Å². The van der Waals surface area contributed by atoms with Crippen LogP contribution in [0.4, 0.5) is 0 Å². The van der Waals surface area contributed by atoms with E-state index in [-0.39, 0.29) is 11.2 Å². The molecule has 1 aromatic heterocycles. The van der Waals surface area contributed by atoms with Gasteiger partial charge in [0.15, 0.2) is 0 Å². The van der Waals surface area contributed by atoms with Gasteiger partial charge in [-0.05, 0) is 43.8 Å². The van der Waals surface area contributed by atoms with Crippen LogP contribution in [0.5, 0.6) is 0 Å². The van der Waals surface area contributed by atoms with Crippen LogP contribution in [0.3, 0.4) is 0 Å². The Balaban J connectivity index is 1.86. The normalized spacial score (nSPS) is 12.1. The number of hydrogen-bond acceptors (Lipinski definition) is 4. The number of carbonyl (C=O) groups excluding carboxylic acids is 1. The number of rotatable bonds is 7. The van der Waals surface area contributed by atoms with Gasteiger partial charge in [-0.3, -0.25) is 4.79 Å². The van der Waals surface area contributed by atoms with E-state index in [2.05, 4.69) is 22.8 Å². The molecule has 0 radical (unpaired) electrons. The van der Waals surface area contributed by atoms with Crippen LogP contribution in [0.2, 0.25) is 0 Å². The highest BCUT2D eigenvalue weighted by Crippen LogP contribution is 2.24. The SMILES string of the molecule is CNCc1cccc(SC(C)C(=O)NCc2ccco2)c1. The van der Waals surface area contributed by atoms with Crippen LogP contribution in [0.1, 0.15) is 18.2 Å². The van der Waals surface area contributed by atoms with E-state index in [0.29, 0.717) is 6.54 Å². The molecule has 0 aliphatic heterocycles. The zero-order valence-electron chi connectivity index (χ0n) is 12.3. The summed E-state index contributed by atoms with van der Waals surface area (Å²) in [6.07, 6.45) is 1.60. The Bertz CT molecular complexity index is 569. The average molecular weight is 304 g/mol. The van der Waals surface area contributed by atoms with Gasteiger partial charge in [-0.1, -0.05) is 12.1 Å². The Morgan fingerprint density at radius 1 is 1.29 bits per heavy atom. The minimum Gasteiger partial charge on any atom is -0.467 e. The number of thioether (sulfide) groups is 1. The van der Waals surface area contributed by atoms with Gasteiger partial charge in [0.2, 0.25) is 5.91 Å². The van der Waals surface area contributed by atoms with Crippen molar-refractivity contribution in [3.63, 3.8) is 0 Å². The monoisotopic (exact) mass is 304 g/mol. The van der Waals surface area contributed by atoms with Crippen LogP contribution in [-0.4, -0.2) is 18.2 Å². The Kier molecular flexibility index (Phi) is 5.90. The van der Waals surface area contributed by atoms with Crippen molar-refractivity contribution in [3.05, 3.63) is 54.0 Å². The van der Waals surface area contributed by atoms with E-state index < -0.39 is 0 Å². The molecule has 21 heavy (non-hydrogen) atoms. The molecule has 0 saturated heterocycles. The molecule has 1 heterocycles. The van der Waals surface area contributed by atoms with Gasteiger partial charge in [-0.25, -0.2) is 0 Å². The second-order valence-corrected chi connectivity index (χ2v) is 6.15. The molecule has 5 heteroatoms. The molecule has 1 atom stereocenters. The predicted molar refractivity (Wildman–Crippen MR) is 85.1 cm³/mol. The molecular weight excluding hydrogens is 284 g/mol. The maximum Gasteiger partial charge on any atom is 0.233 e. The molecule has 0 fully saturated rings. The van der Waals surface area contributed by atoms with Crippen molar-refractivity contribution < 1.29 is 9.21 Å². The second kappa shape index (κ2) is 7.90. The molecule has 2 N–H and O–H groups in total. The number of benzene rings is 1. The zero-order chi connectivity index (χ0) is 15.1. The first kappa shape index (κ1) is 15.7. The fourth-order valence-electron chi connectivity index (χ4n) is 1.92. The summed E-state index contributed by atoms with van der Waals surface area (Å²) in [7, 11) is 1.92. The first-order valence-corrected chi connectivity index (χ1v) is 7.77. The highest BCUT2D eigenvalue weighted by atomic mass is 32.2. The lowest BCUT2D eigenvalue weighted by molar-refractivity contribution is -0.120. The molecule has 0 saturated carbocycles. The molecule has 0 bridgehead atoms. The van der Waals surface area contributed by atoms with E-state index in [4.69, 9.17) is 4.42 Å². The molecule has 0 aliphatic rings. The molecule has 1 unspecified atom stereocenters. The maximum atomic E-state index is 12.1. The van der Waals surface area contributed by atoms with Gasteiger partial charge in [-0.15, -0.1) is 11.8 Å². The van der Waals surface area contributed by atoms with Gasteiger partial charge < -0.3 is 15.1 Å². The molecule has 4 nitrogen and oxygen atoms in total. The van der Waals surface area contributed by atoms with E-state index in [0.717, 1.165) is 17.2 Å². The molecular formula is C16H20N2O2S. The Hall–Kier alpha value is -1.72. The van der Waals surface area contributed by atoms with Crippen LogP contribution >= 0.6 is 11.8 Å². The smallest absolute Gasteiger partial charge is 0.233 e. The standard InChI is InChI=1S/C16H20N2O2S/c1-12(16(19)18-11-14-6-4-8-20-14)21-15-7-3-5-13(9-15)10-17-2/h3-9,12,17H,10-11H2,1-2H3,(H,18,19). The van der Waals surface area contributed by atoms with Crippen molar-refractivity contribution in [1.29, 1.82) is 0 Å². The van der Waals surface area contributed by atoms with Crippen molar-refractivity contribution in [2.45, 2.75) is 30.2 Å². The topological polar surface area (TPSA) is 54.3 Å². The highest BCUT2D eigenvalue weighted by Gasteiger charge is 2.14. The van der Waals surface area contributed by atoms with Gasteiger partial charge in [0.25, 0.3) is 0 Å². The third-order valence-electron chi connectivity index (χ3n) is 2.98. The summed E-state index contributed by atoms with van der Waals surface area (Å²) in [6, 6.07) is 11.9. The van der Waals surface area contributed by atoms with Crippen LogP contribution in [0, 0.1) is 0 Å². The summed E-state index contributed by atoms with van der Waals surface area (Å²) < 4.78 is 5.20. The Morgan fingerprint density at radius 2 is 2.14 bits per heavy atom. The van der Waals surface area contributed by atoms with E-state index in [1.165, 1.54) is 5.56 Å². The summed E-state index contributed by atoms with van der Waals surface area (Å²) in [5.74, 6) is 0.770. The molecule has 2 aromatic rings. The fourth-order valence-corrected chi connectivity index (χ4v) is 2.90. The maximum absolute atomic E-state index is 12.1. The van der Waals surface area contributed by atoms with E-state index >= 15 is 0 Å². The summed E-state index contributed by atoms with van der Waals surface area (Å²) in [6.45, 7) is 3.16. The van der Waals surface area contributed by atoms with Gasteiger partial charge in [-0.2, -0.15) is 0 Å². The van der Waals surface area contributed by atoms with Crippen molar-refractivity contribution in [2.75, 3.05) is 7.05 Å². The quantitative estimate of drug-likeness (QED) is 0.772. The lowest BCUT2D eigenvalue weighted by Gasteiger charge is -2.12. The average Bonchev–Trinajstić information content (AvgIpc) is 2.98. The summed E-state index contributed by atoms with van der Waals surface area (Å²) in [5.41, 5.74) is 1.21. The minimum absolute atomic E-state index is 0.00965. The number of nitrogens with one attached hydrogen (secondary N) is 2. The summed E-state index contributed by atoms with van der Waals surface area (Å²) in [4.78, 5) is 13.2. The Labute approximate surface area is 129 Å². The van der Waals surface area contributed by atoms with Crippen molar-refractivity contribution in [2.24, 2.45) is 0 Å². The number of furan rings is 1.